The fourth-order valence-corrected chi connectivity index (χ4v) is 3.44. The number of benzene rings is 2. The van der Waals surface area contributed by atoms with E-state index >= 15 is 0 Å². The third kappa shape index (κ3) is 4.48. The summed E-state index contributed by atoms with van der Waals surface area (Å²) in [7, 11) is 3.26. The van der Waals surface area contributed by atoms with Crippen molar-refractivity contribution in [2.24, 2.45) is 0 Å². The van der Waals surface area contributed by atoms with Crippen molar-refractivity contribution >= 4 is 0 Å². The number of para-hydroxylation sites is 2. The van der Waals surface area contributed by atoms with Crippen LogP contribution >= 0.6 is 0 Å². The molecule has 26 heavy (non-hydrogen) atoms. The van der Waals surface area contributed by atoms with Gasteiger partial charge >= 0.3 is 0 Å². The first kappa shape index (κ1) is 18.5. The number of hydrogen-bond acceptors (Lipinski definition) is 5. The van der Waals surface area contributed by atoms with Crippen molar-refractivity contribution in [2.45, 2.75) is 32.0 Å². The van der Waals surface area contributed by atoms with Crippen LogP contribution in [0.5, 0.6) is 17.2 Å². The minimum Gasteiger partial charge on any atom is -0.504 e. The van der Waals surface area contributed by atoms with E-state index in [2.05, 4.69) is 11.0 Å². The molecular weight excluding hydrogens is 330 g/mol. The number of aromatic hydroxyl groups is 1. The molecule has 0 aliphatic carbocycles. The fourth-order valence-electron chi connectivity index (χ4n) is 3.44. The molecule has 1 aliphatic rings. The van der Waals surface area contributed by atoms with Gasteiger partial charge in [0.2, 0.25) is 0 Å². The number of methoxy groups -OCH3 is 2. The maximum absolute atomic E-state index is 10.5. The molecule has 0 spiro atoms. The minimum atomic E-state index is 0.201. The predicted molar refractivity (Wildman–Crippen MR) is 101 cm³/mol. The van der Waals surface area contributed by atoms with Crippen LogP contribution in [-0.2, 0) is 17.8 Å². The van der Waals surface area contributed by atoms with Gasteiger partial charge in [-0.1, -0.05) is 30.3 Å². The number of nitrogens with zero attached hydrogens (tertiary/aromatic N) is 1. The van der Waals surface area contributed by atoms with Gasteiger partial charge in [0.15, 0.2) is 11.5 Å². The Morgan fingerprint density at radius 3 is 2.42 bits per heavy atom. The van der Waals surface area contributed by atoms with Crippen LogP contribution in [0.2, 0.25) is 0 Å². The molecule has 5 nitrogen and oxygen atoms in total. The zero-order valence-electron chi connectivity index (χ0n) is 15.5. The van der Waals surface area contributed by atoms with Gasteiger partial charge in [0.25, 0.3) is 0 Å². The quantitative estimate of drug-likeness (QED) is 0.782. The lowest BCUT2D eigenvalue weighted by atomic mass is 10.1. The second kappa shape index (κ2) is 8.92. The van der Waals surface area contributed by atoms with Crippen LogP contribution in [0.4, 0.5) is 0 Å². The van der Waals surface area contributed by atoms with Crippen molar-refractivity contribution in [3.63, 3.8) is 0 Å². The highest BCUT2D eigenvalue weighted by molar-refractivity contribution is 5.45. The molecule has 140 valence electrons. The molecule has 0 aromatic heterocycles. The number of phenolic OH excluding ortho intramolecular Hbond substituents is 1. The Bertz CT molecular complexity index is 713. The summed E-state index contributed by atoms with van der Waals surface area (Å²) >= 11 is 0. The van der Waals surface area contributed by atoms with Crippen molar-refractivity contribution in [3.05, 3.63) is 53.6 Å². The standard InChI is InChI=1S/C21H27NO4/c1-24-19-10-4-3-7-16(19)13-22(15-18-9-6-12-26-18)14-17-8-5-11-20(25-2)21(17)23/h3-5,7-8,10-11,18,23H,6,9,12-15H2,1-2H3/t18-/m0/s1. The largest absolute Gasteiger partial charge is 0.504 e. The maximum Gasteiger partial charge on any atom is 0.162 e. The van der Waals surface area contributed by atoms with Crippen molar-refractivity contribution in [1.29, 1.82) is 0 Å². The van der Waals surface area contributed by atoms with E-state index in [1.807, 2.05) is 30.3 Å². The summed E-state index contributed by atoms with van der Waals surface area (Å²) in [5.74, 6) is 1.57. The van der Waals surface area contributed by atoms with Gasteiger partial charge in [0.1, 0.15) is 5.75 Å². The minimum absolute atomic E-state index is 0.201. The van der Waals surface area contributed by atoms with Gasteiger partial charge in [-0.2, -0.15) is 0 Å². The lowest BCUT2D eigenvalue weighted by molar-refractivity contribution is 0.0673. The maximum atomic E-state index is 10.5. The topological polar surface area (TPSA) is 51.2 Å². The third-order valence-electron chi connectivity index (χ3n) is 4.77. The lowest BCUT2D eigenvalue weighted by Gasteiger charge is -2.26. The lowest BCUT2D eigenvalue weighted by Crippen LogP contribution is -2.31. The molecule has 1 heterocycles. The normalized spacial score (nSPS) is 16.8. The number of rotatable bonds is 8. The Kier molecular flexibility index (Phi) is 6.36. The molecule has 0 amide bonds. The van der Waals surface area contributed by atoms with Gasteiger partial charge < -0.3 is 19.3 Å². The van der Waals surface area contributed by atoms with E-state index in [4.69, 9.17) is 14.2 Å². The SMILES string of the molecule is COc1ccccc1CN(Cc1cccc(OC)c1O)C[C@@H]1CCCO1. The van der Waals surface area contributed by atoms with Gasteiger partial charge in [0, 0.05) is 37.4 Å². The Labute approximate surface area is 155 Å². The summed E-state index contributed by atoms with van der Waals surface area (Å²) in [5.41, 5.74) is 1.97. The summed E-state index contributed by atoms with van der Waals surface area (Å²) in [4.78, 5) is 2.29. The number of ether oxygens (including phenoxy) is 3. The second-order valence-corrected chi connectivity index (χ2v) is 6.58. The molecule has 2 aromatic rings. The summed E-state index contributed by atoms with van der Waals surface area (Å²) in [5, 5.41) is 10.5. The zero-order valence-corrected chi connectivity index (χ0v) is 15.5. The first-order valence-electron chi connectivity index (χ1n) is 9.02. The first-order chi connectivity index (χ1) is 12.7. The molecule has 1 saturated heterocycles. The van der Waals surface area contributed by atoms with Gasteiger partial charge in [-0.05, 0) is 25.0 Å². The Balaban J connectivity index is 1.81. The monoisotopic (exact) mass is 357 g/mol. The van der Waals surface area contributed by atoms with Gasteiger partial charge in [0.05, 0.1) is 20.3 Å². The molecule has 1 atom stereocenters. The highest BCUT2D eigenvalue weighted by atomic mass is 16.5. The molecule has 0 bridgehead atoms. The molecule has 0 saturated carbocycles. The van der Waals surface area contributed by atoms with Crippen LogP contribution in [0.25, 0.3) is 0 Å². The van der Waals surface area contributed by atoms with E-state index < -0.39 is 0 Å². The van der Waals surface area contributed by atoms with Gasteiger partial charge in [-0.3, -0.25) is 4.90 Å². The highest BCUT2D eigenvalue weighted by Gasteiger charge is 2.21. The second-order valence-electron chi connectivity index (χ2n) is 6.58. The Morgan fingerprint density at radius 2 is 1.69 bits per heavy atom. The fraction of sp³-hybridized carbons (Fsp3) is 0.429. The van der Waals surface area contributed by atoms with E-state index in [9.17, 15) is 5.11 Å². The van der Waals surface area contributed by atoms with Crippen LogP contribution in [0, 0.1) is 0 Å². The van der Waals surface area contributed by atoms with E-state index in [-0.39, 0.29) is 11.9 Å². The number of hydrogen-bond donors (Lipinski definition) is 1. The predicted octanol–water partition coefficient (Wildman–Crippen LogP) is 3.59. The molecule has 5 heteroatoms. The summed E-state index contributed by atoms with van der Waals surface area (Å²) in [6.07, 6.45) is 2.42. The van der Waals surface area contributed by atoms with Crippen LogP contribution in [0.3, 0.4) is 0 Å². The van der Waals surface area contributed by atoms with E-state index in [1.165, 1.54) is 0 Å². The van der Waals surface area contributed by atoms with Crippen molar-refractivity contribution in [1.82, 2.24) is 4.90 Å². The molecule has 1 N–H and O–H groups in total. The van der Waals surface area contributed by atoms with Crippen LogP contribution in [-0.4, -0.2) is 43.5 Å². The van der Waals surface area contributed by atoms with Crippen LogP contribution in [0.15, 0.2) is 42.5 Å². The first-order valence-corrected chi connectivity index (χ1v) is 9.02. The summed E-state index contributed by atoms with van der Waals surface area (Å²) in [6, 6.07) is 13.6. The average Bonchev–Trinajstić information content (AvgIpc) is 3.17. The smallest absolute Gasteiger partial charge is 0.162 e. The van der Waals surface area contributed by atoms with Gasteiger partial charge in [-0.15, -0.1) is 0 Å². The molecular formula is C21H27NO4. The van der Waals surface area contributed by atoms with Crippen LogP contribution < -0.4 is 9.47 Å². The molecule has 0 unspecified atom stereocenters. The van der Waals surface area contributed by atoms with E-state index in [1.54, 1.807) is 20.3 Å². The summed E-state index contributed by atoms with van der Waals surface area (Å²) in [6.45, 7) is 2.98. The highest BCUT2D eigenvalue weighted by Crippen LogP contribution is 2.31. The molecule has 1 aliphatic heterocycles. The van der Waals surface area contributed by atoms with Crippen molar-refractivity contribution in [3.8, 4) is 17.2 Å². The molecule has 2 aromatic carbocycles. The molecule has 3 rings (SSSR count). The summed E-state index contributed by atoms with van der Waals surface area (Å²) < 4.78 is 16.6. The Hall–Kier alpha value is -2.24. The van der Waals surface area contributed by atoms with E-state index in [0.717, 1.165) is 49.4 Å². The van der Waals surface area contributed by atoms with Crippen molar-refractivity contribution in [2.75, 3.05) is 27.4 Å². The molecule has 0 radical (unpaired) electrons. The molecule has 1 fully saturated rings. The van der Waals surface area contributed by atoms with Crippen LogP contribution in [0.1, 0.15) is 24.0 Å². The van der Waals surface area contributed by atoms with Gasteiger partial charge in [-0.25, -0.2) is 0 Å². The van der Waals surface area contributed by atoms with E-state index in [0.29, 0.717) is 12.3 Å². The van der Waals surface area contributed by atoms with Crippen molar-refractivity contribution < 1.29 is 19.3 Å². The zero-order chi connectivity index (χ0) is 18.4. The number of phenols is 1. The third-order valence-corrected chi connectivity index (χ3v) is 4.77. The Morgan fingerprint density at radius 1 is 1.00 bits per heavy atom. The average molecular weight is 357 g/mol.